The highest BCUT2D eigenvalue weighted by atomic mass is 35.5. The van der Waals surface area contributed by atoms with E-state index in [9.17, 15) is 29.4 Å². The van der Waals surface area contributed by atoms with Crippen LogP contribution in [0.2, 0.25) is 0 Å². The molecule has 12 heteroatoms. The lowest BCUT2D eigenvalue weighted by Crippen LogP contribution is -2.60. The Hall–Kier alpha value is -3.76. The second-order valence-electron chi connectivity index (χ2n) is 11.5. The van der Waals surface area contributed by atoms with Gasteiger partial charge in [-0.1, -0.05) is 23.8 Å². The van der Waals surface area contributed by atoms with Gasteiger partial charge in [0.25, 0.3) is 11.8 Å². The lowest BCUT2D eigenvalue weighted by Gasteiger charge is -2.50. The molecule has 4 aliphatic rings. The molecule has 6 atom stereocenters. The van der Waals surface area contributed by atoms with Crippen LogP contribution in [0.5, 0.6) is 23.0 Å². The number of rotatable bonds is 6. The van der Waals surface area contributed by atoms with E-state index in [2.05, 4.69) is 0 Å². The molecule has 43 heavy (non-hydrogen) atoms. The third-order valence-corrected chi connectivity index (χ3v) is 10.9. The number of fused-ring (bicyclic) bond motifs is 4. The van der Waals surface area contributed by atoms with Crippen molar-refractivity contribution < 1.29 is 38.9 Å². The summed E-state index contributed by atoms with van der Waals surface area (Å²) in [4.78, 5) is 53.2. The van der Waals surface area contributed by atoms with Crippen LogP contribution in [0.15, 0.2) is 48.0 Å². The van der Waals surface area contributed by atoms with Gasteiger partial charge in [0.2, 0.25) is 17.6 Å². The molecule has 0 radical (unpaired) electrons. The normalized spacial score (nSPS) is 31.5. The van der Waals surface area contributed by atoms with Crippen molar-refractivity contribution in [3.8, 4) is 23.0 Å². The van der Waals surface area contributed by atoms with Crippen LogP contribution in [0.4, 0.5) is 0 Å². The molecule has 2 saturated heterocycles. The summed E-state index contributed by atoms with van der Waals surface area (Å²) in [6, 6.07) is 9.58. The summed E-state index contributed by atoms with van der Waals surface area (Å²) in [7, 11) is 4.05. The molecular weight excluding hydrogens is 599 g/mol. The number of imide groups is 2. The molecule has 2 N–H and O–H groups in total. The molecule has 2 heterocycles. The number of methoxy groups -OCH3 is 2. The Morgan fingerprint density at radius 3 is 2.16 bits per heavy atom. The predicted molar refractivity (Wildman–Crippen MR) is 155 cm³/mol. The average molecular weight is 629 g/mol. The average Bonchev–Trinajstić information content (AvgIpc) is 3.31. The van der Waals surface area contributed by atoms with Gasteiger partial charge in [-0.05, 0) is 60.6 Å². The van der Waals surface area contributed by atoms with Gasteiger partial charge in [-0.2, -0.15) is 0 Å². The Morgan fingerprint density at radius 1 is 0.930 bits per heavy atom. The van der Waals surface area contributed by atoms with E-state index in [1.165, 1.54) is 38.3 Å². The Kier molecular flexibility index (Phi) is 6.93. The van der Waals surface area contributed by atoms with Gasteiger partial charge in [0.15, 0.2) is 21.2 Å². The number of nitrogens with zero attached hydrogens (tertiary/aromatic N) is 2. The highest BCUT2D eigenvalue weighted by Crippen LogP contribution is 2.65. The monoisotopic (exact) mass is 628 g/mol. The molecule has 10 nitrogen and oxygen atoms in total. The van der Waals surface area contributed by atoms with Gasteiger partial charge < -0.3 is 19.7 Å². The van der Waals surface area contributed by atoms with Crippen molar-refractivity contribution in [3.05, 3.63) is 59.2 Å². The van der Waals surface area contributed by atoms with Gasteiger partial charge in [-0.3, -0.25) is 29.0 Å². The van der Waals surface area contributed by atoms with Crippen LogP contribution < -0.4 is 9.47 Å². The van der Waals surface area contributed by atoms with Crippen molar-refractivity contribution in [1.29, 1.82) is 0 Å². The number of phenols is 2. The number of aromatic hydroxyl groups is 2. The first-order valence-corrected chi connectivity index (χ1v) is 14.6. The maximum Gasteiger partial charge on any atom is 0.253 e. The van der Waals surface area contributed by atoms with E-state index in [1.54, 1.807) is 24.3 Å². The highest BCUT2D eigenvalue weighted by Gasteiger charge is 2.75. The standard InChI is InChI=1S/C31H30Cl2N2O8/c1-34-28(40)30(32)14-20-18(24(31(30,33)29(34)41)16-12-21(42-2)25(37)22(13-16)43-3)8-9-19-23(20)27(39)35(26(19)38)11-10-15-4-6-17(36)7-5-15/h4-8,12-13,19-20,23-24,36-37H,9-11,14H2,1-3H3. The topological polar surface area (TPSA) is 134 Å². The van der Waals surface area contributed by atoms with Gasteiger partial charge in [-0.15, -0.1) is 23.2 Å². The predicted octanol–water partition coefficient (Wildman–Crippen LogP) is 3.35. The molecule has 0 bridgehead atoms. The second kappa shape index (κ2) is 10.2. The summed E-state index contributed by atoms with van der Waals surface area (Å²) in [6.07, 6.45) is 2.36. The number of amides is 4. The third-order valence-electron chi connectivity index (χ3n) is 9.50. The number of benzene rings is 2. The van der Waals surface area contributed by atoms with Crippen LogP contribution in [-0.2, 0) is 25.6 Å². The molecule has 6 rings (SSSR count). The fraction of sp³-hybridized carbons (Fsp3) is 0.419. The Labute approximate surface area is 257 Å². The zero-order valence-electron chi connectivity index (χ0n) is 23.7. The van der Waals surface area contributed by atoms with E-state index in [-0.39, 0.29) is 54.2 Å². The molecule has 0 spiro atoms. The number of hydrogen-bond acceptors (Lipinski definition) is 8. The molecule has 2 aliphatic carbocycles. The summed E-state index contributed by atoms with van der Waals surface area (Å²) in [5.41, 5.74) is 1.88. The molecule has 0 aromatic heterocycles. The summed E-state index contributed by atoms with van der Waals surface area (Å²) in [5.74, 6) is -5.19. The van der Waals surface area contributed by atoms with E-state index >= 15 is 0 Å². The Bertz CT molecular complexity index is 1570. The third kappa shape index (κ3) is 3.99. The summed E-state index contributed by atoms with van der Waals surface area (Å²) >= 11 is 14.4. The van der Waals surface area contributed by atoms with E-state index in [0.29, 0.717) is 17.6 Å². The van der Waals surface area contributed by atoms with Crippen LogP contribution in [0.1, 0.15) is 29.9 Å². The zero-order chi connectivity index (χ0) is 31.0. The lowest BCUT2D eigenvalue weighted by atomic mass is 9.56. The van der Waals surface area contributed by atoms with Crippen LogP contribution >= 0.6 is 23.2 Å². The lowest BCUT2D eigenvalue weighted by molar-refractivity contribution is -0.141. The number of ether oxygens (including phenoxy) is 2. The number of carbonyl (C=O) groups is 4. The minimum Gasteiger partial charge on any atom is -0.508 e. The first kappa shape index (κ1) is 29.3. The fourth-order valence-corrected chi connectivity index (χ4v) is 8.41. The van der Waals surface area contributed by atoms with Crippen molar-refractivity contribution in [1.82, 2.24) is 9.80 Å². The van der Waals surface area contributed by atoms with Crippen molar-refractivity contribution in [2.45, 2.75) is 34.9 Å². The van der Waals surface area contributed by atoms with E-state index in [1.807, 2.05) is 6.08 Å². The number of alkyl halides is 2. The smallest absolute Gasteiger partial charge is 0.253 e. The fourth-order valence-electron chi connectivity index (χ4n) is 7.39. The minimum atomic E-state index is -1.97. The number of phenolic OH excluding ortho intramolecular Hbond substituents is 2. The number of halogens is 2. The highest BCUT2D eigenvalue weighted by molar-refractivity contribution is 6.53. The number of carbonyl (C=O) groups excluding carboxylic acids is 4. The molecule has 2 aromatic rings. The van der Waals surface area contributed by atoms with Crippen molar-refractivity contribution in [2.24, 2.45) is 17.8 Å². The van der Waals surface area contributed by atoms with Crippen LogP contribution in [0.25, 0.3) is 0 Å². The number of likely N-dealkylation sites (tertiary alicyclic amines) is 2. The molecule has 3 fully saturated rings. The SMILES string of the molecule is COc1cc(C2C3=CCC4C(=O)N(CCc5ccc(O)cc5)C(=O)C4C3CC3(Cl)C(=O)N(C)C(=O)C23Cl)cc(OC)c1O. The number of hydrogen-bond donors (Lipinski definition) is 2. The summed E-state index contributed by atoms with van der Waals surface area (Å²) in [5, 5.41) is 20.2. The number of allylic oxidation sites excluding steroid dienone is 2. The second-order valence-corrected chi connectivity index (χ2v) is 12.8. The van der Waals surface area contributed by atoms with Crippen LogP contribution in [0.3, 0.4) is 0 Å². The maximum absolute atomic E-state index is 14.0. The molecule has 2 aromatic carbocycles. The van der Waals surface area contributed by atoms with Gasteiger partial charge in [0.1, 0.15) is 5.75 Å². The molecule has 1 saturated carbocycles. The molecule has 4 amide bonds. The van der Waals surface area contributed by atoms with Crippen molar-refractivity contribution >= 4 is 46.8 Å². The molecule has 6 unspecified atom stereocenters. The first-order valence-electron chi connectivity index (χ1n) is 13.9. The van der Waals surface area contributed by atoms with Gasteiger partial charge in [0, 0.05) is 19.5 Å². The quantitative estimate of drug-likeness (QED) is 0.283. The van der Waals surface area contributed by atoms with Gasteiger partial charge >= 0.3 is 0 Å². The minimum absolute atomic E-state index is 0.0591. The van der Waals surface area contributed by atoms with E-state index < -0.39 is 45.2 Å². The van der Waals surface area contributed by atoms with E-state index in [0.717, 1.165) is 10.5 Å². The Morgan fingerprint density at radius 2 is 1.56 bits per heavy atom. The summed E-state index contributed by atoms with van der Waals surface area (Å²) < 4.78 is 10.7. The molecular formula is C31H30Cl2N2O8. The summed E-state index contributed by atoms with van der Waals surface area (Å²) in [6.45, 7) is 0.152. The largest absolute Gasteiger partial charge is 0.508 e. The van der Waals surface area contributed by atoms with Gasteiger partial charge in [0.05, 0.1) is 26.1 Å². The molecule has 2 aliphatic heterocycles. The molecule has 226 valence electrons. The zero-order valence-corrected chi connectivity index (χ0v) is 25.2. The Balaban J connectivity index is 1.44. The van der Waals surface area contributed by atoms with Crippen molar-refractivity contribution in [2.75, 3.05) is 27.8 Å². The van der Waals surface area contributed by atoms with Crippen LogP contribution in [-0.4, -0.2) is 81.2 Å². The maximum atomic E-state index is 14.0. The van der Waals surface area contributed by atoms with Crippen molar-refractivity contribution in [3.63, 3.8) is 0 Å². The van der Waals surface area contributed by atoms with E-state index in [4.69, 9.17) is 32.7 Å². The first-order chi connectivity index (χ1) is 20.4. The van der Waals surface area contributed by atoms with Crippen LogP contribution in [0, 0.1) is 17.8 Å². The van der Waals surface area contributed by atoms with Gasteiger partial charge in [-0.25, -0.2) is 0 Å².